The molecule has 24 heavy (non-hydrogen) atoms. The van der Waals surface area contributed by atoms with Crippen LogP contribution >= 0.6 is 7.94 Å². The highest BCUT2D eigenvalue weighted by atomic mass is 31.2. The lowest BCUT2D eigenvalue weighted by atomic mass is 10.1. The van der Waals surface area contributed by atoms with Crippen LogP contribution in [0.15, 0.2) is 12.1 Å². The van der Waals surface area contributed by atoms with Gasteiger partial charge in [-0.1, -0.05) is 0 Å². The molecule has 1 N–H and O–H groups in total. The number of methoxy groups -OCH3 is 2. The Kier molecular flexibility index (Phi) is 7.69. The molecule has 0 amide bonds. The molecule has 0 bridgehead atoms. The molecule has 1 unspecified atom stereocenters. The Balaban J connectivity index is 3.33. The van der Waals surface area contributed by atoms with Crippen molar-refractivity contribution in [2.75, 3.05) is 27.4 Å². The van der Waals surface area contributed by atoms with E-state index >= 15 is 0 Å². The lowest BCUT2D eigenvalue weighted by Gasteiger charge is -2.32. The number of benzene rings is 1. The SMILES string of the molecule is CCO[P+]([O-])(OCC)C(Cc1c(OC)cc([O-])cc1OC)C(=O)O. The predicted octanol–water partition coefficient (Wildman–Crippen LogP) is 0.969. The maximum absolute atomic E-state index is 12.9. The highest BCUT2D eigenvalue weighted by Crippen LogP contribution is 2.58. The van der Waals surface area contributed by atoms with Gasteiger partial charge >= 0.3 is 5.97 Å². The number of ether oxygens (including phenoxy) is 2. The van der Waals surface area contributed by atoms with Gasteiger partial charge in [-0.05, 0) is 26.0 Å². The number of carboxylic acid groups (broad SMARTS) is 1. The van der Waals surface area contributed by atoms with Crippen LogP contribution in [0.4, 0.5) is 0 Å². The summed E-state index contributed by atoms with van der Waals surface area (Å²) in [5.41, 5.74) is -1.15. The van der Waals surface area contributed by atoms with Crippen LogP contribution in [0, 0.1) is 0 Å². The number of carbonyl (C=O) groups is 1. The smallest absolute Gasteiger partial charge is 0.350 e. The first-order valence-corrected chi connectivity index (χ1v) is 8.97. The highest BCUT2D eigenvalue weighted by Gasteiger charge is 2.47. The summed E-state index contributed by atoms with van der Waals surface area (Å²) >= 11 is 0. The summed E-state index contributed by atoms with van der Waals surface area (Å²) in [6, 6.07) is 2.42. The van der Waals surface area contributed by atoms with Crippen LogP contribution in [0.25, 0.3) is 0 Å². The second-order valence-electron chi connectivity index (χ2n) is 4.74. The summed E-state index contributed by atoms with van der Waals surface area (Å²) in [7, 11) is -1.22. The Hall–Kier alpha value is -1.60. The average Bonchev–Trinajstić information content (AvgIpc) is 2.52. The van der Waals surface area contributed by atoms with Gasteiger partial charge in [0.1, 0.15) is 11.5 Å². The van der Waals surface area contributed by atoms with Crippen molar-refractivity contribution in [3.63, 3.8) is 0 Å². The normalized spacial score (nSPS) is 12.7. The van der Waals surface area contributed by atoms with E-state index in [1.165, 1.54) is 26.4 Å². The van der Waals surface area contributed by atoms with Gasteiger partial charge in [0.05, 0.1) is 27.4 Å². The summed E-state index contributed by atoms with van der Waals surface area (Å²) in [5.74, 6) is -1.37. The number of carboxylic acids is 1. The van der Waals surface area contributed by atoms with Gasteiger partial charge in [-0.15, -0.1) is 5.75 Å². The molecular formula is C15H22O8P-. The van der Waals surface area contributed by atoms with Crippen LogP contribution in [0.1, 0.15) is 19.4 Å². The second-order valence-corrected chi connectivity index (χ2v) is 6.96. The van der Waals surface area contributed by atoms with Gasteiger partial charge in [-0.2, -0.15) is 0 Å². The Morgan fingerprint density at radius 2 is 1.62 bits per heavy atom. The van der Waals surface area contributed by atoms with Crippen molar-refractivity contribution in [1.29, 1.82) is 0 Å². The Morgan fingerprint density at radius 1 is 1.17 bits per heavy atom. The number of rotatable bonds is 10. The molecule has 0 saturated heterocycles. The zero-order valence-electron chi connectivity index (χ0n) is 14.1. The minimum Gasteiger partial charge on any atom is -0.872 e. The number of hydrogen-bond acceptors (Lipinski definition) is 7. The maximum atomic E-state index is 12.9. The van der Waals surface area contributed by atoms with E-state index in [-0.39, 0.29) is 36.9 Å². The van der Waals surface area contributed by atoms with Gasteiger partial charge in [-0.3, -0.25) is 0 Å². The van der Waals surface area contributed by atoms with Gasteiger partial charge < -0.3 is 24.6 Å². The third kappa shape index (κ3) is 4.70. The molecule has 1 aromatic rings. The fourth-order valence-corrected chi connectivity index (χ4v) is 4.10. The fraction of sp³-hybridized carbons (Fsp3) is 0.533. The van der Waals surface area contributed by atoms with Crippen molar-refractivity contribution in [3.05, 3.63) is 17.7 Å². The summed E-state index contributed by atoms with van der Waals surface area (Å²) in [6.07, 6.45) is -0.237. The minimum atomic E-state index is -3.91. The standard InChI is InChI=1S/C15H23O8P/c1-5-22-24(19,23-6-2)14(15(17)18)9-11-12(20-3)7-10(16)8-13(11)21-4/h7-8,14,16H,5-6,9H2,1-4H3,(H,17,18)/p-1. The first kappa shape index (κ1) is 20.4. The van der Waals surface area contributed by atoms with Crippen LogP contribution in [-0.2, 0) is 20.3 Å². The van der Waals surface area contributed by atoms with E-state index in [2.05, 4.69) is 0 Å². The van der Waals surface area contributed by atoms with Crippen LogP contribution in [0.3, 0.4) is 0 Å². The van der Waals surface area contributed by atoms with Crippen molar-refractivity contribution in [1.82, 2.24) is 0 Å². The van der Waals surface area contributed by atoms with Crippen molar-refractivity contribution >= 4 is 13.9 Å². The van der Waals surface area contributed by atoms with Crippen molar-refractivity contribution in [2.24, 2.45) is 0 Å². The zero-order chi connectivity index (χ0) is 18.3. The van der Waals surface area contributed by atoms with E-state index in [0.717, 1.165) is 0 Å². The van der Waals surface area contributed by atoms with E-state index in [1.54, 1.807) is 13.8 Å². The lowest BCUT2D eigenvalue weighted by Crippen LogP contribution is -2.35. The van der Waals surface area contributed by atoms with E-state index in [1.807, 2.05) is 0 Å². The fourth-order valence-electron chi connectivity index (χ4n) is 2.27. The molecule has 0 aliphatic heterocycles. The molecule has 1 aromatic carbocycles. The monoisotopic (exact) mass is 361 g/mol. The van der Waals surface area contributed by atoms with Gasteiger partial charge in [-0.25, -0.2) is 13.8 Å². The number of hydrogen-bond donors (Lipinski definition) is 1. The van der Waals surface area contributed by atoms with Gasteiger partial charge in [0.15, 0.2) is 0 Å². The summed E-state index contributed by atoms with van der Waals surface area (Å²) in [5, 5.41) is 21.2. The minimum absolute atomic E-state index is 0.0365. The molecule has 0 saturated carbocycles. The first-order valence-electron chi connectivity index (χ1n) is 7.36. The van der Waals surface area contributed by atoms with Crippen molar-refractivity contribution in [2.45, 2.75) is 25.9 Å². The molecule has 0 heterocycles. The van der Waals surface area contributed by atoms with Crippen LogP contribution in [-0.4, -0.2) is 44.2 Å². The van der Waals surface area contributed by atoms with Crippen LogP contribution in [0.2, 0.25) is 0 Å². The van der Waals surface area contributed by atoms with E-state index in [9.17, 15) is 19.9 Å². The molecule has 8 nitrogen and oxygen atoms in total. The van der Waals surface area contributed by atoms with E-state index in [4.69, 9.17) is 18.5 Å². The largest absolute Gasteiger partial charge is 0.872 e. The van der Waals surface area contributed by atoms with Crippen molar-refractivity contribution in [3.8, 4) is 17.2 Å². The van der Waals surface area contributed by atoms with Crippen LogP contribution in [0.5, 0.6) is 17.2 Å². The molecule has 0 radical (unpaired) electrons. The quantitative estimate of drug-likeness (QED) is 0.612. The molecular weight excluding hydrogens is 339 g/mol. The molecule has 1 rings (SSSR count). The molecule has 0 fully saturated rings. The molecule has 0 spiro atoms. The first-order chi connectivity index (χ1) is 11.3. The molecule has 0 aliphatic rings. The highest BCUT2D eigenvalue weighted by molar-refractivity contribution is 7.61. The van der Waals surface area contributed by atoms with Gasteiger partial charge in [0.2, 0.25) is 5.66 Å². The number of aliphatic carboxylic acids is 1. The van der Waals surface area contributed by atoms with E-state index in [0.29, 0.717) is 5.56 Å². The molecule has 0 aromatic heterocycles. The average molecular weight is 361 g/mol. The Labute approximate surface area is 141 Å². The zero-order valence-corrected chi connectivity index (χ0v) is 15.0. The third-order valence-corrected chi connectivity index (χ3v) is 5.67. The van der Waals surface area contributed by atoms with Gasteiger partial charge in [0, 0.05) is 12.0 Å². The summed E-state index contributed by atoms with van der Waals surface area (Å²) in [4.78, 5) is 24.5. The second kappa shape index (κ2) is 9.03. The summed E-state index contributed by atoms with van der Waals surface area (Å²) in [6.45, 7) is 3.26. The maximum Gasteiger partial charge on any atom is 0.350 e. The predicted molar refractivity (Wildman–Crippen MR) is 84.3 cm³/mol. The molecule has 0 aliphatic carbocycles. The molecule has 9 heteroatoms. The van der Waals surface area contributed by atoms with Crippen LogP contribution < -0.4 is 19.5 Å². The lowest BCUT2D eigenvalue weighted by molar-refractivity contribution is -0.268. The third-order valence-electron chi connectivity index (χ3n) is 3.26. The van der Waals surface area contributed by atoms with Gasteiger partial charge in [0.25, 0.3) is 7.94 Å². The topological polar surface area (TPSA) is 120 Å². The Morgan fingerprint density at radius 3 is 1.96 bits per heavy atom. The van der Waals surface area contributed by atoms with Crippen molar-refractivity contribution < 1.29 is 38.4 Å². The Bertz CT molecular complexity index is 531. The van der Waals surface area contributed by atoms with E-state index < -0.39 is 19.6 Å². The molecule has 1 atom stereocenters. The summed E-state index contributed by atoms with van der Waals surface area (Å²) < 4.78 is 20.6. The molecule has 136 valence electrons.